The van der Waals surface area contributed by atoms with Crippen LogP contribution in [0.2, 0.25) is 0 Å². The summed E-state index contributed by atoms with van der Waals surface area (Å²) in [5, 5.41) is 6.91. The number of nitrogen functional groups attached to an aromatic ring is 1. The van der Waals surface area contributed by atoms with Crippen molar-refractivity contribution in [3.63, 3.8) is 0 Å². The predicted octanol–water partition coefficient (Wildman–Crippen LogP) is 5.10. The first-order valence-electron chi connectivity index (χ1n) is 8.93. The third-order valence-electron chi connectivity index (χ3n) is 4.40. The summed E-state index contributed by atoms with van der Waals surface area (Å²) in [6, 6.07) is 9.87. The molecule has 0 saturated heterocycles. The van der Waals surface area contributed by atoms with Gasteiger partial charge < -0.3 is 15.8 Å². The predicted molar refractivity (Wildman–Crippen MR) is 121 cm³/mol. The number of hydrogen-bond donors (Lipinski definition) is 2. The number of rotatable bonds is 7. The van der Waals surface area contributed by atoms with Crippen LogP contribution in [0.15, 0.2) is 41.9 Å². The second-order valence-electron chi connectivity index (χ2n) is 6.51. The fourth-order valence-corrected chi connectivity index (χ4v) is 5.16. The van der Waals surface area contributed by atoms with Crippen molar-refractivity contribution in [1.82, 2.24) is 4.98 Å². The largest absolute Gasteiger partial charge is 0.494 e. The van der Waals surface area contributed by atoms with Crippen LogP contribution in [0.1, 0.15) is 23.7 Å². The molecule has 0 atom stereocenters. The Bertz CT molecular complexity index is 1000. The van der Waals surface area contributed by atoms with Gasteiger partial charge in [0.05, 0.1) is 24.0 Å². The second-order valence-corrected chi connectivity index (χ2v) is 9.72. The number of aromatic nitrogens is 1. The van der Waals surface area contributed by atoms with E-state index < -0.39 is 0 Å². The van der Waals surface area contributed by atoms with Gasteiger partial charge in [0, 0.05) is 29.1 Å². The van der Waals surface area contributed by atoms with Crippen LogP contribution >= 0.6 is 19.3 Å². The summed E-state index contributed by atoms with van der Waals surface area (Å²) in [5.41, 5.74) is 8.80. The van der Waals surface area contributed by atoms with Gasteiger partial charge in [0.15, 0.2) is 11.5 Å². The molecule has 0 saturated carbocycles. The number of nitrogens with zero attached hydrogens (tertiary/aromatic N) is 1. The van der Waals surface area contributed by atoms with E-state index in [1.807, 2.05) is 25.1 Å². The van der Waals surface area contributed by atoms with E-state index in [1.165, 1.54) is 11.5 Å². The molecule has 1 aromatic carbocycles. The first-order chi connectivity index (χ1) is 13.4. The number of Topliss-reactive ketones (excluding diaryl/α,β-unsaturated/α-hetero) is 1. The van der Waals surface area contributed by atoms with Crippen molar-refractivity contribution in [2.75, 3.05) is 31.5 Å². The average molecular weight is 413 g/mol. The van der Waals surface area contributed by atoms with E-state index in [0.717, 1.165) is 21.9 Å². The minimum atomic E-state index is -0.148. The molecular formula is C21H24N3O2PS. The number of thiophene rings is 1. The molecule has 3 N–H and O–H groups in total. The molecule has 146 valence electrons. The number of methoxy groups -OCH3 is 1. The lowest BCUT2D eigenvalue weighted by Gasteiger charge is -2.16. The lowest BCUT2D eigenvalue weighted by Crippen LogP contribution is -2.06. The molecule has 0 radical (unpaired) electrons. The van der Waals surface area contributed by atoms with E-state index in [2.05, 4.69) is 35.1 Å². The van der Waals surface area contributed by atoms with E-state index in [0.29, 0.717) is 23.5 Å². The smallest absolute Gasteiger partial charge is 0.166 e. The molecule has 0 aliphatic rings. The van der Waals surface area contributed by atoms with Crippen molar-refractivity contribution in [2.24, 2.45) is 0 Å². The molecule has 0 bridgehead atoms. The van der Waals surface area contributed by atoms with Crippen LogP contribution in [0.3, 0.4) is 0 Å². The van der Waals surface area contributed by atoms with Crippen molar-refractivity contribution in [2.45, 2.75) is 13.3 Å². The standard InChI is InChI=1S/C21H24N3O2PS/c1-5-18(25)15-11-23-20(22)10-17(15)24-16-8-6-7-14(21(16)26-2)19-9-13(12-28-19)27(3)4/h6-12H,5H2,1-4H3,(H3,22,23,24). The maximum absolute atomic E-state index is 12.3. The normalized spacial score (nSPS) is 10.9. The van der Waals surface area contributed by atoms with Crippen LogP contribution in [0.25, 0.3) is 10.4 Å². The highest BCUT2D eigenvalue weighted by atomic mass is 32.1. The number of carbonyl (C=O) groups excluding carboxylic acids is 1. The Labute approximate surface area is 170 Å². The zero-order chi connectivity index (χ0) is 20.3. The highest BCUT2D eigenvalue weighted by Gasteiger charge is 2.17. The van der Waals surface area contributed by atoms with Gasteiger partial charge >= 0.3 is 0 Å². The molecule has 28 heavy (non-hydrogen) atoms. The first kappa shape index (κ1) is 20.3. The molecule has 7 heteroatoms. The van der Waals surface area contributed by atoms with Crippen molar-refractivity contribution in [1.29, 1.82) is 0 Å². The lowest BCUT2D eigenvalue weighted by atomic mass is 10.1. The fraction of sp³-hybridized carbons (Fsp3) is 0.238. The number of carbonyl (C=O) groups is 1. The number of ketones is 1. The number of para-hydroxylation sites is 1. The summed E-state index contributed by atoms with van der Waals surface area (Å²) in [6.07, 6.45) is 1.92. The van der Waals surface area contributed by atoms with Gasteiger partial charge in [0.25, 0.3) is 0 Å². The van der Waals surface area contributed by atoms with E-state index in [-0.39, 0.29) is 13.7 Å². The molecule has 5 nitrogen and oxygen atoms in total. The third-order valence-corrected chi connectivity index (χ3v) is 6.83. The zero-order valence-corrected chi connectivity index (χ0v) is 18.2. The Kier molecular flexibility index (Phi) is 6.32. The van der Waals surface area contributed by atoms with Crippen molar-refractivity contribution >= 4 is 47.5 Å². The molecule has 2 aromatic heterocycles. The van der Waals surface area contributed by atoms with E-state index in [1.54, 1.807) is 24.5 Å². The Morgan fingerprint density at radius 3 is 2.71 bits per heavy atom. The van der Waals surface area contributed by atoms with Gasteiger partial charge in [0.1, 0.15) is 5.82 Å². The summed E-state index contributed by atoms with van der Waals surface area (Å²) >= 11 is 1.71. The fourth-order valence-electron chi connectivity index (χ4n) is 2.88. The van der Waals surface area contributed by atoms with Crippen LogP contribution in [0, 0.1) is 0 Å². The molecule has 0 fully saturated rings. The lowest BCUT2D eigenvalue weighted by molar-refractivity contribution is 0.0988. The summed E-state index contributed by atoms with van der Waals surface area (Å²) in [4.78, 5) is 17.5. The van der Waals surface area contributed by atoms with Crippen LogP contribution in [0.4, 0.5) is 17.2 Å². The SMILES string of the molecule is CCC(=O)c1cnc(N)cc1Nc1cccc(-c2cc(P(C)C)cs2)c1OC. The number of nitrogens with two attached hydrogens (primary N) is 1. The maximum atomic E-state index is 12.3. The van der Waals surface area contributed by atoms with Gasteiger partial charge in [-0.3, -0.25) is 4.79 Å². The molecule has 3 rings (SSSR count). The summed E-state index contributed by atoms with van der Waals surface area (Å²) in [5.74, 6) is 1.09. The Morgan fingerprint density at radius 1 is 1.29 bits per heavy atom. The Balaban J connectivity index is 2.04. The van der Waals surface area contributed by atoms with Crippen molar-refractivity contribution in [3.05, 3.63) is 47.5 Å². The number of hydrogen-bond acceptors (Lipinski definition) is 6. The third kappa shape index (κ3) is 4.18. The quantitative estimate of drug-likeness (QED) is 0.416. The van der Waals surface area contributed by atoms with E-state index in [4.69, 9.17) is 10.5 Å². The molecule has 0 aliphatic heterocycles. The van der Waals surface area contributed by atoms with Gasteiger partial charge in [-0.1, -0.05) is 20.9 Å². The molecule has 0 spiro atoms. The topological polar surface area (TPSA) is 77.2 Å². The van der Waals surface area contributed by atoms with Crippen LogP contribution in [0.5, 0.6) is 5.75 Å². The molecule has 3 aromatic rings. The van der Waals surface area contributed by atoms with E-state index >= 15 is 0 Å². The Hall–Kier alpha value is -2.43. The molecule has 0 amide bonds. The number of ether oxygens (including phenoxy) is 1. The Morgan fingerprint density at radius 2 is 2.07 bits per heavy atom. The van der Waals surface area contributed by atoms with Gasteiger partial charge in [-0.2, -0.15) is 0 Å². The molecular weight excluding hydrogens is 389 g/mol. The van der Waals surface area contributed by atoms with Gasteiger partial charge in [-0.05, 0) is 42.2 Å². The number of benzene rings is 1. The highest BCUT2D eigenvalue weighted by Crippen LogP contribution is 2.41. The number of pyridine rings is 1. The number of nitrogens with one attached hydrogen (secondary N) is 1. The molecule has 0 aliphatic carbocycles. The van der Waals surface area contributed by atoms with Crippen LogP contribution in [-0.2, 0) is 0 Å². The monoisotopic (exact) mass is 413 g/mol. The highest BCUT2D eigenvalue weighted by molar-refractivity contribution is 7.64. The minimum Gasteiger partial charge on any atom is -0.494 e. The summed E-state index contributed by atoms with van der Waals surface area (Å²) < 4.78 is 5.75. The summed E-state index contributed by atoms with van der Waals surface area (Å²) in [6.45, 7) is 6.32. The van der Waals surface area contributed by atoms with E-state index in [9.17, 15) is 4.79 Å². The van der Waals surface area contributed by atoms with Crippen molar-refractivity contribution in [3.8, 4) is 16.2 Å². The van der Waals surface area contributed by atoms with Gasteiger partial charge in [-0.25, -0.2) is 4.98 Å². The average Bonchev–Trinajstić information content (AvgIpc) is 3.18. The zero-order valence-electron chi connectivity index (χ0n) is 16.4. The second kappa shape index (κ2) is 8.72. The molecule has 2 heterocycles. The van der Waals surface area contributed by atoms with Gasteiger partial charge in [-0.15, -0.1) is 11.3 Å². The maximum Gasteiger partial charge on any atom is 0.166 e. The number of anilines is 3. The van der Waals surface area contributed by atoms with Crippen molar-refractivity contribution < 1.29 is 9.53 Å². The minimum absolute atomic E-state index is 0.00673. The van der Waals surface area contributed by atoms with Gasteiger partial charge in [0.2, 0.25) is 0 Å². The summed E-state index contributed by atoms with van der Waals surface area (Å²) in [7, 11) is 1.51. The first-order valence-corrected chi connectivity index (χ1v) is 12.0. The molecule has 0 unspecified atom stereocenters. The van der Waals surface area contributed by atoms with Crippen LogP contribution in [-0.4, -0.2) is 31.2 Å². The van der Waals surface area contributed by atoms with Crippen LogP contribution < -0.4 is 21.1 Å².